The van der Waals surface area contributed by atoms with Crippen molar-refractivity contribution in [2.45, 2.75) is 26.3 Å². The van der Waals surface area contributed by atoms with E-state index in [9.17, 15) is 4.79 Å². The number of carbonyl (C=O) groups excluding carboxylic acids is 1. The zero-order valence-electron chi connectivity index (χ0n) is 9.79. The number of hydrogen-bond donors (Lipinski definition) is 2. The smallest absolute Gasteiger partial charge is 0.251 e. The number of thiocarbonyl (C=S) groups is 1. The Labute approximate surface area is 111 Å². The molecule has 1 amide bonds. The lowest BCUT2D eigenvalue weighted by molar-refractivity contribution is 0.0940. The Bertz CT molecular complexity index is 448. The lowest BCUT2D eigenvalue weighted by atomic mass is 10.1. The first-order valence-electron chi connectivity index (χ1n) is 5.25. The van der Waals surface area contributed by atoms with E-state index >= 15 is 0 Å². The van der Waals surface area contributed by atoms with Gasteiger partial charge >= 0.3 is 0 Å². The number of nitrogens with one attached hydrogen (secondary N) is 1. The summed E-state index contributed by atoms with van der Waals surface area (Å²) in [4.78, 5) is 12.3. The van der Waals surface area contributed by atoms with Crippen LogP contribution in [0.2, 0.25) is 5.02 Å². The van der Waals surface area contributed by atoms with Crippen molar-refractivity contribution in [3.05, 3.63) is 34.3 Å². The summed E-state index contributed by atoms with van der Waals surface area (Å²) in [6, 6.07) is 5.09. The molecule has 0 bridgehead atoms. The topological polar surface area (TPSA) is 55.1 Å². The highest BCUT2D eigenvalue weighted by Gasteiger charge is 2.12. The normalized spacial score (nSPS) is 11.9. The molecular formula is C12H15ClN2OS. The van der Waals surface area contributed by atoms with Crippen LogP contribution >= 0.6 is 23.8 Å². The van der Waals surface area contributed by atoms with Crippen molar-refractivity contribution in [3.8, 4) is 0 Å². The van der Waals surface area contributed by atoms with E-state index in [2.05, 4.69) is 5.32 Å². The number of benzene rings is 1. The van der Waals surface area contributed by atoms with Crippen LogP contribution in [-0.4, -0.2) is 16.9 Å². The molecule has 17 heavy (non-hydrogen) atoms. The van der Waals surface area contributed by atoms with Crippen molar-refractivity contribution in [2.24, 2.45) is 5.73 Å². The van der Waals surface area contributed by atoms with E-state index < -0.39 is 0 Å². The van der Waals surface area contributed by atoms with Gasteiger partial charge in [0, 0.05) is 23.0 Å². The summed E-state index contributed by atoms with van der Waals surface area (Å²) in [6.07, 6.45) is 0.494. The molecule has 1 aromatic rings. The van der Waals surface area contributed by atoms with Crippen LogP contribution in [0.25, 0.3) is 0 Å². The highest BCUT2D eigenvalue weighted by atomic mass is 35.5. The zero-order chi connectivity index (χ0) is 13.0. The molecule has 1 rings (SSSR count). The first kappa shape index (κ1) is 13.9. The summed E-state index contributed by atoms with van der Waals surface area (Å²) in [6.45, 7) is 3.71. The standard InChI is InChI=1S/C12H15ClN2OS/c1-7-5-9(13)3-4-10(7)12(16)15-8(2)6-11(14)17/h3-5,8H,6H2,1-2H3,(H2,14,17)(H,15,16). The lowest BCUT2D eigenvalue weighted by Gasteiger charge is -2.14. The number of amides is 1. The highest BCUT2D eigenvalue weighted by Crippen LogP contribution is 2.15. The maximum Gasteiger partial charge on any atom is 0.251 e. The third-order valence-electron chi connectivity index (χ3n) is 2.32. The van der Waals surface area contributed by atoms with Gasteiger partial charge in [-0.15, -0.1) is 0 Å². The highest BCUT2D eigenvalue weighted by molar-refractivity contribution is 7.80. The van der Waals surface area contributed by atoms with Gasteiger partial charge in [0.05, 0.1) is 4.99 Å². The number of rotatable bonds is 4. The van der Waals surface area contributed by atoms with Crippen molar-refractivity contribution < 1.29 is 4.79 Å². The predicted octanol–water partition coefficient (Wildman–Crippen LogP) is 2.44. The Kier molecular flexibility index (Phi) is 4.90. The maximum absolute atomic E-state index is 11.9. The lowest BCUT2D eigenvalue weighted by Crippen LogP contribution is -2.35. The third kappa shape index (κ3) is 4.32. The Balaban J connectivity index is 2.73. The van der Waals surface area contributed by atoms with Crippen molar-refractivity contribution in [2.75, 3.05) is 0 Å². The van der Waals surface area contributed by atoms with E-state index in [1.165, 1.54) is 0 Å². The Hall–Kier alpha value is -1.13. The average Bonchev–Trinajstić information content (AvgIpc) is 2.15. The van der Waals surface area contributed by atoms with Crippen LogP contribution in [0.5, 0.6) is 0 Å². The quantitative estimate of drug-likeness (QED) is 0.827. The molecule has 0 aliphatic heterocycles. The van der Waals surface area contributed by atoms with Gasteiger partial charge in [0.25, 0.3) is 5.91 Å². The Morgan fingerprint density at radius 3 is 2.76 bits per heavy atom. The minimum atomic E-state index is -0.136. The molecule has 3 nitrogen and oxygen atoms in total. The van der Waals surface area contributed by atoms with Gasteiger partial charge in [-0.1, -0.05) is 23.8 Å². The number of nitrogens with two attached hydrogens (primary N) is 1. The number of carbonyl (C=O) groups is 1. The molecular weight excluding hydrogens is 256 g/mol. The van der Waals surface area contributed by atoms with Crippen molar-refractivity contribution in [3.63, 3.8) is 0 Å². The van der Waals surface area contributed by atoms with E-state index in [4.69, 9.17) is 29.6 Å². The summed E-state index contributed by atoms with van der Waals surface area (Å²) >= 11 is 10.6. The molecule has 0 heterocycles. The van der Waals surface area contributed by atoms with E-state index in [1.54, 1.807) is 18.2 Å². The average molecular weight is 271 g/mol. The summed E-state index contributed by atoms with van der Waals surface area (Å²) in [7, 11) is 0. The first-order chi connectivity index (χ1) is 7.90. The summed E-state index contributed by atoms with van der Waals surface area (Å²) in [5.41, 5.74) is 6.88. The molecule has 1 atom stereocenters. The van der Waals surface area contributed by atoms with Gasteiger partial charge in [-0.2, -0.15) is 0 Å². The molecule has 0 fully saturated rings. The monoisotopic (exact) mass is 270 g/mol. The van der Waals surface area contributed by atoms with Crippen LogP contribution in [0.15, 0.2) is 18.2 Å². The van der Waals surface area contributed by atoms with Gasteiger partial charge < -0.3 is 11.1 Å². The Morgan fingerprint density at radius 1 is 1.59 bits per heavy atom. The van der Waals surface area contributed by atoms with Crippen LogP contribution in [0.4, 0.5) is 0 Å². The van der Waals surface area contributed by atoms with Crippen LogP contribution < -0.4 is 11.1 Å². The summed E-state index contributed by atoms with van der Waals surface area (Å²) < 4.78 is 0. The van der Waals surface area contributed by atoms with Crippen LogP contribution in [0, 0.1) is 6.92 Å². The zero-order valence-corrected chi connectivity index (χ0v) is 11.4. The molecule has 1 unspecified atom stereocenters. The summed E-state index contributed by atoms with van der Waals surface area (Å²) in [5.74, 6) is -0.136. The van der Waals surface area contributed by atoms with Gasteiger partial charge in [-0.05, 0) is 37.6 Å². The fourth-order valence-corrected chi connectivity index (χ4v) is 2.01. The molecule has 1 aromatic carbocycles. The minimum absolute atomic E-state index is 0.0740. The van der Waals surface area contributed by atoms with E-state index in [1.807, 2.05) is 13.8 Å². The number of hydrogen-bond acceptors (Lipinski definition) is 2. The number of halogens is 1. The largest absolute Gasteiger partial charge is 0.393 e. The molecule has 0 spiro atoms. The van der Waals surface area contributed by atoms with Crippen molar-refractivity contribution in [1.29, 1.82) is 0 Å². The van der Waals surface area contributed by atoms with Crippen molar-refractivity contribution in [1.82, 2.24) is 5.32 Å². The van der Waals surface area contributed by atoms with Gasteiger partial charge in [-0.3, -0.25) is 4.79 Å². The van der Waals surface area contributed by atoms with Crippen LogP contribution in [-0.2, 0) is 0 Å². The SMILES string of the molecule is Cc1cc(Cl)ccc1C(=O)NC(C)CC(N)=S. The van der Waals surface area contributed by atoms with E-state index in [0.29, 0.717) is 22.0 Å². The van der Waals surface area contributed by atoms with Crippen LogP contribution in [0.1, 0.15) is 29.3 Å². The fourth-order valence-electron chi connectivity index (χ4n) is 1.54. The van der Waals surface area contributed by atoms with E-state index in [0.717, 1.165) is 5.56 Å². The second-order valence-electron chi connectivity index (χ2n) is 4.00. The van der Waals surface area contributed by atoms with Gasteiger partial charge in [-0.25, -0.2) is 0 Å². The van der Waals surface area contributed by atoms with Crippen LogP contribution in [0.3, 0.4) is 0 Å². The second-order valence-corrected chi connectivity index (χ2v) is 4.97. The van der Waals surface area contributed by atoms with Crippen molar-refractivity contribution >= 4 is 34.7 Å². The Morgan fingerprint density at radius 2 is 2.24 bits per heavy atom. The first-order valence-corrected chi connectivity index (χ1v) is 6.04. The maximum atomic E-state index is 11.9. The molecule has 0 radical (unpaired) electrons. The van der Waals surface area contributed by atoms with E-state index in [-0.39, 0.29) is 11.9 Å². The second kappa shape index (κ2) is 5.98. The molecule has 0 aromatic heterocycles. The molecule has 0 aliphatic rings. The molecule has 0 saturated heterocycles. The van der Waals surface area contributed by atoms with Gasteiger partial charge in [0.2, 0.25) is 0 Å². The van der Waals surface area contributed by atoms with Gasteiger partial charge in [0.1, 0.15) is 0 Å². The molecule has 0 saturated carbocycles. The van der Waals surface area contributed by atoms with Gasteiger partial charge in [0.15, 0.2) is 0 Å². The summed E-state index contributed by atoms with van der Waals surface area (Å²) in [5, 5.41) is 3.46. The minimum Gasteiger partial charge on any atom is -0.393 e. The molecule has 3 N–H and O–H groups in total. The number of aryl methyl sites for hydroxylation is 1. The molecule has 5 heteroatoms. The molecule has 92 valence electrons. The predicted molar refractivity (Wildman–Crippen MR) is 74.5 cm³/mol. The molecule has 0 aliphatic carbocycles. The third-order valence-corrected chi connectivity index (χ3v) is 2.72. The fraction of sp³-hybridized carbons (Fsp3) is 0.333.